The SMILES string of the molecule is CCNC(=O)C1CCCN(C(=O)C(NC(=O)c2ccc(Cl)cc2)C(C)CC)C1. The molecule has 3 amide bonds. The van der Waals surface area contributed by atoms with Gasteiger partial charge in [0.1, 0.15) is 6.04 Å². The number of halogens is 1. The first-order valence-electron chi connectivity index (χ1n) is 10.00. The highest BCUT2D eigenvalue weighted by molar-refractivity contribution is 6.30. The first-order valence-corrected chi connectivity index (χ1v) is 10.4. The lowest BCUT2D eigenvalue weighted by atomic mass is 9.93. The molecule has 1 heterocycles. The van der Waals surface area contributed by atoms with Crippen LogP contribution in [0.1, 0.15) is 50.4 Å². The summed E-state index contributed by atoms with van der Waals surface area (Å²) >= 11 is 5.88. The third-order valence-corrected chi connectivity index (χ3v) is 5.58. The molecule has 0 aromatic heterocycles. The fourth-order valence-electron chi connectivity index (χ4n) is 3.42. The number of nitrogens with one attached hydrogen (secondary N) is 2. The molecule has 1 aromatic rings. The Kier molecular flexibility index (Phi) is 8.30. The van der Waals surface area contributed by atoms with Crippen LogP contribution in [-0.4, -0.2) is 48.3 Å². The number of nitrogens with zero attached hydrogens (tertiary/aromatic N) is 1. The number of piperidine rings is 1. The van der Waals surface area contributed by atoms with Crippen LogP contribution in [0.3, 0.4) is 0 Å². The number of amides is 3. The minimum absolute atomic E-state index is 0.00899. The van der Waals surface area contributed by atoms with Gasteiger partial charge in [0.25, 0.3) is 5.91 Å². The lowest BCUT2D eigenvalue weighted by Gasteiger charge is -2.36. The van der Waals surface area contributed by atoms with Crippen molar-refractivity contribution in [3.05, 3.63) is 34.9 Å². The number of hydrogen-bond donors (Lipinski definition) is 2. The number of carbonyl (C=O) groups is 3. The Labute approximate surface area is 172 Å². The van der Waals surface area contributed by atoms with Crippen molar-refractivity contribution in [2.75, 3.05) is 19.6 Å². The van der Waals surface area contributed by atoms with Crippen molar-refractivity contribution in [1.29, 1.82) is 0 Å². The summed E-state index contributed by atoms with van der Waals surface area (Å²) in [5, 5.41) is 6.29. The van der Waals surface area contributed by atoms with Gasteiger partial charge in [-0.1, -0.05) is 31.9 Å². The van der Waals surface area contributed by atoms with Crippen LogP contribution in [-0.2, 0) is 9.59 Å². The van der Waals surface area contributed by atoms with E-state index in [0.29, 0.717) is 30.2 Å². The van der Waals surface area contributed by atoms with E-state index in [4.69, 9.17) is 11.6 Å². The maximum Gasteiger partial charge on any atom is 0.251 e. The summed E-state index contributed by atoms with van der Waals surface area (Å²) in [5.41, 5.74) is 0.462. The Bertz CT molecular complexity index is 693. The number of likely N-dealkylation sites (tertiary alicyclic amines) is 1. The van der Waals surface area contributed by atoms with E-state index in [9.17, 15) is 14.4 Å². The van der Waals surface area contributed by atoms with E-state index in [0.717, 1.165) is 19.3 Å². The zero-order chi connectivity index (χ0) is 20.7. The Balaban J connectivity index is 2.11. The maximum atomic E-state index is 13.2. The molecule has 3 atom stereocenters. The van der Waals surface area contributed by atoms with Crippen LogP contribution in [0, 0.1) is 11.8 Å². The molecular weight excluding hydrogens is 378 g/mol. The Hall–Kier alpha value is -2.08. The molecule has 0 radical (unpaired) electrons. The van der Waals surface area contributed by atoms with Gasteiger partial charge in [-0.2, -0.15) is 0 Å². The maximum absolute atomic E-state index is 13.2. The Morgan fingerprint density at radius 2 is 1.89 bits per heavy atom. The third-order valence-electron chi connectivity index (χ3n) is 5.33. The van der Waals surface area contributed by atoms with Crippen LogP contribution in [0.4, 0.5) is 0 Å². The summed E-state index contributed by atoms with van der Waals surface area (Å²) in [7, 11) is 0. The third kappa shape index (κ3) is 5.71. The van der Waals surface area contributed by atoms with Gasteiger partial charge in [-0.15, -0.1) is 0 Å². The lowest BCUT2D eigenvalue weighted by molar-refractivity contribution is -0.138. The first-order chi connectivity index (χ1) is 13.4. The van der Waals surface area contributed by atoms with Gasteiger partial charge in [0, 0.05) is 30.2 Å². The van der Waals surface area contributed by atoms with Crippen LogP contribution in [0.2, 0.25) is 5.02 Å². The van der Waals surface area contributed by atoms with Gasteiger partial charge in [-0.3, -0.25) is 14.4 Å². The van der Waals surface area contributed by atoms with Crippen LogP contribution in [0.15, 0.2) is 24.3 Å². The molecule has 6 nitrogen and oxygen atoms in total. The molecule has 1 aromatic carbocycles. The van der Waals surface area contributed by atoms with E-state index in [1.165, 1.54) is 0 Å². The van der Waals surface area contributed by atoms with Crippen molar-refractivity contribution in [2.45, 2.75) is 46.1 Å². The molecule has 0 saturated carbocycles. The fraction of sp³-hybridized carbons (Fsp3) is 0.571. The summed E-state index contributed by atoms with van der Waals surface area (Å²) in [4.78, 5) is 39.8. The molecule has 0 spiro atoms. The van der Waals surface area contributed by atoms with Gasteiger partial charge in [-0.05, 0) is 49.9 Å². The standard InChI is InChI=1S/C21H30ClN3O3/c1-4-14(3)18(24-20(27)15-8-10-17(22)11-9-15)21(28)25-12-6-7-16(13-25)19(26)23-5-2/h8-11,14,16,18H,4-7,12-13H2,1-3H3,(H,23,26)(H,24,27). The largest absolute Gasteiger partial charge is 0.356 e. The van der Waals surface area contributed by atoms with Crippen LogP contribution in [0.5, 0.6) is 0 Å². The predicted octanol–water partition coefficient (Wildman–Crippen LogP) is 2.86. The molecule has 7 heteroatoms. The van der Waals surface area contributed by atoms with Gasteiger partial charge in [0.2, 0.25) is 11.8 Å². The molecule has 3 unspecified atom stereocenters. The highest BCUT2D eigenvalue weighted by Gasteiger charge is 2.34. The molecule has 2 N–H and O–H groups in total. The van der Waals surface area contributed by atoms with E-state index >= 15 is 0 Å². The van der Waals surface area contributed by atoms with E-state index in [1.54, 1.807) is 29.2 Å². The predicted molar refractivity (Wildman–Crippen MR) is 110 cm³/mol. The Morgan fingerprint density at radius 1 is 1.21 bits per heavy atom. The summed E-state index contributed by atoms with van der Waals surface area (Å²) < 4.78 is 0. The van der Waals surface area contributed by atoms with Crippen molar-refractivity contribution in [3.63, 3.8) is 0 Å². The molecule has 154 valence electrons. The second kappa shape index (κ2) is 10.5. The van der Waals surface area contributed by atoms with E-state index in [1.807, 2.05) is 20.8 Å². The second-order valence-corrected chi connectivity index (χ2v) is 7.80. The average molecular weight is 408 g/mol. The smallest absolute Gasteiger partial charge is 0.251 e. The minimum atomic E-state index is -0.624. The van der Waals surface area contributed by atoms with Gasteiger partial charge in [0.05, 0.1) is 5.92 Å². The zero-order valence-electron chi connectivity index (χ0n) is 16.8. The topological polar surface area (TPSA) is 78.5 Å². The average Bonchev–Trinajstić information content (AvgIpc) is 2.71. The van der Waals surface area contributed by atoms with Gasteiger partial charge < -0.3 is 15.5 Å². The van der Waals surface area contributed by atoms with Crippen molar-refractivity contribution >= 4 is 29.3 Å². The Morgan fingerprint density at radius 3 is 2.50 bits per heavy atom. The van der Waals surface area contributed by atoms with Gasteiger partial charge >= 0.3 is 0 Å². The number of rotatable bonds is 7. The van der Waals surface area contributed by atoms with Crippen molar-refractivity contribution < 1.29 is 14.4 Å². The molecule has 0 aliphatic carbocycles. The molecule has 28 heavy (non-hydrogen) atoms. The second-order valence-electron chi connectivity index (χ2n) is 7.36. The molecule has 1 fully saturated rings. The highest BCUT2D eigenvalue weighted by atomic mass is 35.5. The quantitative estimate of drug-likeness (QED) is 0.729. The molecule has 1 aliphatic rings. The van der Waals surface area contributed by atoms with Crippen LogP contribution < -0.4 is 10.6 Å². The molecule has 2 rings (SSSR count). The highest BCUT2D eigenvalue weighted by Crippen LogP contribution is 2.20. The summed E-state index contributed by atoms with van der Waals surface area (Å²) in [6.45, 7) is 7.42. The molecule has 1 saturated heterocycles. The van der Waals surface area contributed by atoms with Gasteiger partial charge in [0.15, 0.2) is 0 Å². The molecule has 1 aliphatic heterocycles. The van der Waals surface area contributed by atoms with E-state index < -0.39 is 6.04 Å². The zero-order valence-corrected chi connectivity index (χ0v) is 17.6. The van der Waals surface area contributed by atoms with Crippen LogP contribution >= 0.6 is 11.6 Å². The van der Waals surface area contributed by atoms with Gasteiger partial charge in [-0.25, -0.2) is 0 Å². The van der Waals surface area contributed by atoms with Crippen LogP contribution in [0.25, 0.3) is 0 Å². The first kappa shape index (κ1) is 22.2. The summed E-state index contributed by atoms with van der Waals surface area (Å²) in [5.74, 6) is -0.639. The summed E-state index contributed by atoms with van der Waals surface area (Å²) in [6, 6.07) is 5.96. The summed E-state index contributed by atoms with van der Waals surface area (Å²) in [6.07, 6.45) is 2.32. The number of carbonyl (C=O) groups excluding carboxylic acids is 3. The van der Waals surface area contributed by atoms with E-state index in [2.05, 4.69) is 10.6 Å². The van der Waals surface area contributed by atoms with Crippen molar-refractivity contribution in [2.24, 2.45) is 11.8 Å². The minimum Gasteiger partial charge on any atom is -0.356 e. The normalized spacial score (nSPS) is 18.9. The fourth-order valence-corrected chi connectivity index (χ4v) is 3.54. The number of hydrogen-bond acceptors (Lipinski definition) is 3. The number of benzene rings is 1. The van der Waals surface area contributed by atoms with Crippen molar-refractivity contribution in [3.8, 4) is 0 Å². The monoisotopic (exact) mass is 407 g/mol. The van der Waals surface area contributed by atoms with E-state index in [-0.39, 0.29) is 29.6 Å². The molecule has 0 bridgehead atoms. The van der Waals surface area contributed by atoms with Crippen molar-refractivity contribution in [1.82, 2.24) is 15.5 Å². The lowest BCUT2D eigenvalue weighted by Crippen LogP contribution is -2.55. The molecular formula is C21H30ClN3O3.